The molecular formula is C19H32O8. The minimum Gasteiger partial charge on any atom is -0.464 e. The van der Waals surface area contributed by atoms with Crippen LogP contribution in [0, 0.1) is 10.8 Å². The van der Waals surface area contributed by atoms with Crippen LogP contribution in [0.3, 0.4) is 0 Å². The Hall–Kier alpha value is -1.22. The van der Waals surface area contributed by atoms with Crippen LogP contribution in [0.2, 0.25) is 0 Å². The average molecular weight is 388 g/mol. The maximum Gasteiger partial charge on any atom is 0.317 e. The van der Waals surface area contributed by atoms with E-state index in [4.69, 9.17) is 28.4 Å². The predicted molar refractivity (Wildman–Crippen MR) is 94.7 cm³/mol. The fourth-order valence-corrected chi connectivity index (χ4v) is 2.45. The molecule has 2 heterocycles. The van der Waals surface area contributed by atoms with Crippen LogP contribution >= 0.6 is 0 Å². The van der Waals surface area contributed by atoms with Gasteiger partial charge < -0.3 is 28.4 Å². The topological polar surface area (TPSA) is 89.5 Å². The van der Waals surface area contributed by atoms with Crippen LogP contribution < -0.4 is 0 Å². The van der Waals surface area contributed by atoms with Gasteiger partial charge in [-0.3, -0.25) is 9.59 Å². The summed E-state index contributed by atoms with van der Waals surface area (Å²) >= 11 is 0. The fourth-order valence-electron chi connectivity index (χ4n) is 2.45. The molecule has 27 heavy (non-hydrogen) atoms. The lowest BCUT2D eigenvalue weighted by atomic mass is 9.93. The van der Waals surface area contributed by atoms with Gasteiger partial charge in [-0.2, -0.15) is 0 Å². The number of esters is 2. The number of hydrogen-bond donors (Lipinski definition) is 0. The standard InChI is InChI=1S/C19H32O8/c1-16(2)24-10-18(5,11-25-16)8-22-14(20)7-15(21)23-9-19(6)12-26-17(3,4)27-13-19/h7-13H2,1-6H3. The molecule has 0 amide bonds. The number of carbonyl (C=O) groups excluding carboxylic acids is 2. The maximum absolute atomic E-state index is 11.9. The molecule has 0 spiro atoms. The molecule has 8 nitrogen and oxygen atoms in total. The van der Waals surface area contributed by atoms with E-state index in [0.717, 1.165) is 0 Å². The zero-order chi connectivity index (χ0) is 20.3. The van der Waals surface area contributed by atoms with E-state index in [1.54, 1.807) is 0 Å². The molecule has 2 rings (SSSR count). The van der Waals surface area contributed by atoms with Gasteiger partial charge in [-0.25, -0.2) is 0 Å². The Morgan fingerprint density at radius 2 is 0.963 bits per heavy atom. The van der Waals surface area contributed by atoms with Gasteiger partial charge in [-0.15, -0.1) is 0 Å². The summed E-state index contributed by atoms with van der Waals surface area (Å²) in [6.07, 6.45) is -0.438. The van der Waals surface area contributed by atoms with Crippen LogP contribution in [-0.2, 0) is 38.0 Å². The minimum atomic E-state index is -0.634. The van der Waals surface area contributed by atoms with E-state index in [2.05, 4.69) is 0 Å². The van der Waals surface area contributed by atoms with Crippen LogP contribution in [0.4, 0.5) is 0 Å². The first-order chi connectivity index (χ1) is 12.3. The second kappa shape index (κ2) is 8.03. The van der Waals surface area contributed by atoms with E-state index in [0.29, 0.717) is 26.4 Å². The normalized spacial score (nSPS) is 25.4. The Morgan fingerprint density at radius 1 is 0.667 bits per heavy atom. The van der Waals surface area contributed by atoms with Crippen molar-refractivity contribution in [2.24, 2.45) is 10.8 Å². The molecule has 0 N–H and O–H groups in total. The molecule has 0 aromatic rings. The monoisotopic (exact) mass is 388 g/mol. The van der Waals surface area contributed by atoms with Crippen molar-refractivity contribution >= 4 is 11.9 Å². The van der Waals surface area contributed by atoms with Crippen molar-refractivity contribution in [2.45, 2.75) is 59.5 Å². The van der Waals surface area contributed by atoms with Crippen molar-refractivity contribution in [3.05, 3.63) is 0 Å². The largest absolute Gasteiger partial charge is 0.464 e. The zero-order valence-electron chi connectivity index (χ0n) is 17.2. The molecule has 0 atom stereocenters. The van der Waals surface area contributed by atoms with E-state index >= 15 is 0 Å². The van der Waals surface area contributed by atoms with Crippen molar-refractivity contribution in [3.8, 4) is 0 Å². The van der Waals surface area contributed by atoms with E-state index < -0.39 is 40.8 Å². The highest BCUT2D eigenvalue weighted by molar-refractivity contribution is 5.91. The van der Waals surface area contributed by atoms with Gasteiger partial charge in [0.1, 0.15) is 19.6 Å². The Kier molecular flexibility index (Phi) is 6.56. The van der Waals surface area contributed by atoms with E-state index in [1.165, 1.54) is 0 Å². The molecule has 2 fully saturated rings. The predicted octanol–water partition coefficient (Wildman–Crippen LogP) is 2.04. The molecular weight excluding hydrogens is 356 g/mol. The quantitative estimate of drug-likeness (QED) is 0.504. The van der Waals surface area contributed by atoms with Gasteiger partial charge in [0.25, 0.3) is 0 Å². The van der Waals surface area contributed by atoms with Crippen molar-refractivity contribution in [1.82, 2.24) is 0 Å². The van der Waals surface area contributed by atoms with Gasteiger partial charge in [0.05, 0.1) is 26.4 Å². The highest BCUT2D eigenvalue weighted by Crippen LogP contribution is 2.30. The molecule has 8 heteroatoms. The lowest BCUT2D eigenvalue weighted by Crippen LogP contribution is -2.47. The van der Waals surface area contributed by atoms with E-state index in [9.17, 15) is 9.59 Å². The van der Waals surface area contributed by atoms with E-state index in [1.807, 2.05) is 41.5 Å². The highest BCUT2D eigenvalue weighted by atomic mass is 16.7. The number of hydrogen-bond acceptors (Lipinski definition) is 8. The van der Waals surface area contributed by atoms with Crippen LogP contribution in [0.15, 0.2) is 0 Å². The van der Waals surface area contributed by atoms with Gasteiger partial charge in [-0.1, -0.05) is 13.8 Å². The highest BCUT2D eigenvalue weighted by Gasteiger charge is 2.39. The number of rotatable bonds is 6. The molecule has 2 aliphatic rings. The van der Waals surface area contributed by atoms with Crippen molar-refractivity contribution < 1.29 is 38.0 Å². The zero-order valence-corrected chi connectivity index (χ0v) is 17.2. The van der Waals surface area contributed by atoms with Gasteiger partial charge >= 0.3 is 11.9 Å². The summed E-state index contributed by atoms with van der Waals surface area (Å²) in [4.78, 5) is 23.9. The van der Waals surface area contributed by atoms with Gasteiger partial charge in [-0.05, 0) is 27.7 Å². The maximum atomic E-state index is 11.9. The summed E-state index contributed by atoms with van der Waals surface area (Å²) in [5, 5.41) is 0. The third-order valence-electron chi connectivity index (χ3n) is 4.52. The fraction of sp³-hybridized carbons (Fsp3) is 0.895. The lowest BCUT2D eigenvalue weighted by molar-refractivity contribution is -0.287. The molecule has 0 radical (unpaired) electrons. The lowest BCUT2D eigenvalue weighted by Gasteiger charge is -2.41. The third-order valence-corrected chi connectivity index (χ3v) is 4.52. The summed E-state index contributed by atoms with van der Waals surface area (Å²) < 4.78 is 32.8. The third kappa shape index (κ3) is 7.03. The summed E-state index contributed by atoms with van der Waals surface area (Å²) in [5.74, 6) is -2.53. The summed E-state index contributed by atoms with van der Waals surface area (Å²) in [7, 11) is 0. The first-order valence-corrected chi connectivity index (χ1v) is 9.19. The summed E-state index contributed by atoms with van der Waals surface area (Å²) in [5.41, 5.74) is -0.877. The van der Waals surface area contributed by atoms with Crippen LogP contribution in [0.1, 0.15) is 48.0 Å². The van der Waals surface area contributed by atoms with Crippen molar-refractivity contribution in [2.75, 3.05) is 39.6 Å². The summed E-state index contributed by atoms with van der Waals surface area (Å²) in [6, 6.07) is 0. The SMILES string of the molecule is CC1(COC(=O)CC(=O)OCC2(C)COC(C)(C)OC2)COC(C)(C)OC1. The molecule has 0 aromatic carbocycles. The van der Waals surface area contributed by atoms with E-state index in [-0.39, 0.29) is 13.2 Å². The van der Waals surface area contributed by atoms with Crippen LogP contribution in [-0.4, -0.2) is 63.2 Å². The molecule has 0 saturated carbocycles. The Bertz CT molecular complexity index is 486. The smallest absolute Gasteiger partial charge is 0.317 e. The van der Waals surface area contributed by atoms with Crippen LogP contribution in [0.25, 0.3) is 0 Å². The number of ether oxygens (including phenoxy) is 6. The van der Waals surface area contributed by atoms with Crippen molar-refractivity contribution in [1.29, 1.82) is 0 Å². The first-order valence-electron chi connectivity index (χ1n) is 9.19. The van der Waals surface area contributed by atoms with Crippen molar-refractivity contribution in [3.63, 3.8) is 0 Å². The summed E-state index contributed by atoms with van der Waals surface area (Å²) in [6.45, 7) is 13.0. The molecule has 0 aromatic heterocycles. The second-order valence-corrected chi connectivity index (χ2v) is 9.07. The number of carbonyl (C=O) groups is 2. The second-order valence-electron chi connectivity index (χ2n) is 9.07. The molecule has 2 saturated heterocycles. The minimum absolute atomic E-state index is 0.115. The van der Waals surface area contributed by atoms with Gasteiger partial charge in [0.15, 0.2) is 11.6 Å². The average Bonchev–Trinajstić information content (AvgIpc) is 2.58. The Labute approximate surface area is 160 Å². The molecule has 0 unspecified atom stereocenters. The van der Waals surface area contributed by atoms with Crippen LogP contribution in [0.5, 0.6) is 0 Å². The molecule has 0 bridgehead atoms. The first kappa shape index (κ1) is 22.1. The Morgan fingerprint density at radius 3 is 1.26 bits per heavy atom. The Balaban J connectivity index is 1.68. The molecule has 2 aliphatic heterocycles. The van der Waals surface area contributed by atoms with Gasteiger partial charge in [0.2, 0.25) is 0 Å². The molecule has 0 aliphatic carbocycles. The van der Waals surface area contributed by atoms with Gasteiger partial charge in [0, 0.05) is 10.8 Å². The molecule has 156 valence electrons.